The largest absolute Gasteiger partial charge is 0.493 e. The molecule has 4 heteroatoms. The molecule has 26 heavy (non-hydrogen) atoms. The summed E-state index contributed by atoms with van der Waals surface area (Å²) in [5.41, 5.74) is 10.3. The fourth-order valence-electron chi connectivity index (χ4n) is 3.05. The van der Waals surface area contributed by atoms with E-state index in [-0.39, 0.29) is 11.9 Å². The minimum absolute atomic E-state index is 0.341. The molecule has 1 aliphatic rings. The molecule has 1 heterocycles. The normalized spacial score (nSPS) is 14.6. The van der Waals surface area contributed by atoms with Gasteiger partial charge in [0.05, 0.1) is 12.6 Å². The number of hydrogen-bond acceptors (Lipinski definition) is 3. The van der Waals surface area contributed by atoms with E-state index >= 15 is 0 Å². The smallest absolute Gasteiger partial charge is 0.234 e. The van der Waals surface area contributed by atoms with Crippen molar-refractivity contribution in [1.82, 2.24) is 5.32 Å². The van der Waals surface area contributed by atoms with Crippen molar-refractivity contribution in [3.63, 3.8) is 0 Å². The molecule has 2 aromatic carbocycles. The molecular formula is C22H26N2O2. The van der Waals surface area contributed by atoms with Crippen molar-refractivity contribution < 1.29 is 9.53 Å². The first-order valence-corrected chi connectivity index (χ1v) is 9.13. The average Bonchev–Trinajstić information content (AvgIpc) is 2.86. The molecule has 1 amide bonds. The highest BCUT2D eigenvalue weighted by atomic mass is 16.5. The summed E-state index contributed by atoms with van der Waals surface area (Å²) >= 11 is 0. The van der Waals surface area contributed by atoms with Crippen molar-refractivity contribution in [3.8, 4) is 5.75 Å². The molecule has 1 atom stereocenters. The van der Waals surface area contributed by atoms with Crippen LogP contribution in [-0.4, -0.2) is 18.6 Å². The highest BCUT2D eigenvalue weighted by Crippen LogP contribution is 2.28. The number of nitrogens with one attached hydrogen (secondary N) is 1. The van der Waals surface area contributed by atoms with Gasteiger partial charge in [-0.15, -0.1) is 0 Å². The summed E-state index contributed by atoms with van der Waals surface area (Å²) in [5.74, 6) is 0.581. The van der Waals surface area contributed by atoms with E-state index in [9.17, 15) is 4.79 Å². The molecule has 0 fully saturated rings. The van der Waals surface area contributed by atoms with Crippen molar-refractivity contribution in [1.29, 1.82) is 0 Å². The monoisotopic (exact) mass is 350 g/mol. The summed E-state index contributed by atoms with van der Waals surface area (Å²) < 4.78 is 5.90. The number of nitrogens with two attached hydrogens (primary N) is 1. The lowest BCUT2D eigenvalue weighted by atomic mass is 10.00. The van der Waals surface area contributed by atoms with Crippen LogP contribution < -0.4 is 15.8 Å². The number of aryl methyl sites for hydroxylation is 1. The second kappa shape index (κ2) is 8.68. The molecule has 0 saturated carbocycles. The van der Waals surface area contributed by atoms with Gasteiger partial charge in [-0.25, -0.2) is 0 Å². The van der Waals surface area contributed by atoms with Crippen LogP contribution in [0, 0.1) is 0 Å². The van der Waals surface area contributed by atoms with Gasteiger partial charge in [-0.05, 0) is 43.0 Å². The van der Waals surface area contributed by atoms with Gasteiger partial charge in [0, 0.05) is 18.5 Å². The average molecular weight is 350 g/mol. The summed E-state index contributed by atoms with van der Waals surface area (Å²) in [4.78, 5) is 11.2. The third-order valence-electron chi connectivity index (χ3n) is 4.73. The Bertz CT molecular complexity index is 784. The van der Waals surface area contributed by atoms with Crippen LogP contribution in [0.4, 0.5) is 0 Å². The predicted octanol–water partition coefficient (Wildman–Crippen LogP) is 3.45. The highest BCUT2D eigenvalue weighted by molar-refractivity contribution is 5.79. The lowest BCUT2D eigenvalue weighted by molar-refractivity contribution is -0.119. The number of primary amides is 1. The Hall–Kier alpha value is -2.59. The van der Waals surface area contributed by atoms with E-state index in [0.717, 1.165) is 36.1 Å². The molecule has 1 aliphatic heterocycles. The number of ether oxygens (including phenoxy) is 1. The molecule has 3 N–H and O–H groups in total. The van der Waals surface area contributed by atoms with E-state index in [1.54, 1.807) is 6.92 Å². The van der Waals surface area contributed by atoms with Crippen molar-refractivity contribution in [2.75, 3.05) is 6.61 Å². The van der Waals surface area contributed by atoms with Crippen molar-refractivity contribution in [2.45, 2.75) is 38.8 Å². The Balaban J connectivity index is 1.69. The maximum absolute atomic E-state index is 11.2. The third-order valence-corrected chi connectivity index (χ3v) is 4.73. The van der Waals surface area contributed by atoms with Gasteiger partial charge in [0.25, 0.3) is 0 Å². The second-order valence-corrected chi connectivity index (χ2v) is 6.76. The van der Waals surface area contributed by atoms with Gasteiger partial charge < -0.3 is 15.8 Å². The number of carbonyl (C=O) groups excluding carboxylic acids is 1. The van der Waals surface area contributed by atoms with Gasteiger partial charge >= 0.3 is 0 Å². The van der Waals surface area contributed by atoms with Gasteiger partial charge in [0.1, 0.15) is 5.75 Å². The fourth-order valence-corrected chi connectivity index (χ4v) is 3.05. The van der Waals surface area contributed by atoms with Gasteiger partial charge in [0.15, 0.2) is 0 Å². The number of rotatable bonds is 7. The predicted molar refractivity (Wildman–Crippen MR) is 105 cm³/mol. The van der Waals surface area contributed by atoms with E-state index in [2.05, 4.69) is 41.7 Å². The lowest BCUT2D eigenvalue weighted by Crippen LogP contribution is -2.38. The summed E-state index contributed by atoms with van der Waals surface area (Å²) in [5, 5.41) is 3.14. The molecule has 0 saturated heterocycles. The summed E-state index contributed by atoms with van der Waals surface area (Å²) in [6.45, 7) is 3.09. The minimum atomic E-state index is -0.345. The second-order valence-electron chi connectivity index (χ2n) is 6.76. The molecular weight excluding hydrogens is 324 g/mol. The Kier molecular flexibility index (Phi) is 6.08. The number of carbonyl (C=O) groups is 1. The van der Waals surface area contributed by atoms with Crippen LogP contribution in [-0.2, 0) is 17.8 Å². The van der Waals surface area contributed by atoms with Crippen LogP contribution in [0.2, 0.25) is 0 Å². The first-order valence-electron chi connectivity index (χ1n) is 9.13. The topological polar surface area (TPSA) is 64.3 Å². The SMILES string of the molecule is CC(NCc1ccc2c(c1)C=C(CCc1ccccc1)CCO2)C(N)=O. The van der Waals surface area contributed by atoms with Crippen LogP contribution in [0.5, 0.6) is 5.75 Å². The van der Waals surface area contributed by atoms with Gasteiger partial charge in [-0.1, -0.05) is 48.0 Å². The van der Waals surface area contributed by atoms with Crippen molar-refractivity contribution in [2.24, 2.45) is 5.73 Å². The first-order chi connectivity index (χ1) is 12.6. The van der Waals surface area contributed by atoms with E-state index < -0.39 is 0 Å². The number of benzene rings is 2. The lowest BCUT2D eigenvalue weighted by Gasteiger charge is -2.12. The van der Waals surface area contributed by atoms with Gasteiger partial charge in [-0.3, -0.25) is 4.79 Å². The Labute approximate surface area is 155 Å². The fraction of sp³-hybridized carbons (Fsp3) is 0.318. The minimum Gasteiger partial charge on any atom is -0.493 e. The Morgan fingerprint density at radius 2 is 1.96 bits per heavy atom. The molecule has 0 spiro atoms. The Morgan fingerprint density at radius 3 is 2.73 bits per heavy atom. The maximum Gasteiger partial charge on any atom is 0.234 e. The molecule has 0 aromatic heterocycles. The van der Waals surface area contributed by atoms with Gasteiger partial charge in [0.2, 0.25) is 5.91 Å². The zero-order chi connectivity index (χ0) is 18.4. The van der Waals surface area contributed by atoms with Crippen LogP contribution in [0.15, 0.2) is 54.1 Å². The summed E-state index contributed by atoms with van der Waals surface area (Å²) in [6.07, 6.45) is 5.29. The molecule has 2 aromatic rings. The number of amides is 1. The quantitative estimate of drug-likeness (QED) is 0.804. The van der Waals surface area contributed by atoms with E-state index in [1.165, 1.54) is 11.1 Å². The number of hydrogen-bond donors (Lipinski definition) is 2. The van der Waals surface area contributed by atoms with E-state index in [0.29, 0.717) is 13.2 Å². The first kappa shape index (κ1) is 18.2. The highest BCUT2D eigenvalue weighted by Gasteiger charge is 2.12. The maximum atomic E-state index is 11.2. The molecule has 3 rings (SSSR count). The Morgan fingerprint density at radius 1 is 1.15 bits per heavy atom. The molecule has 1 unspecified atom stereocenters. The van der Waals surface area contributed by atoms with Crippen LogP contribution >= 0.6 is 0 Å². The van der Waals surface area contributed by atoms with E-state index in [1.807, 2.05) is 18.2 Å². The summed E-state index contributed by atoms with van der Waals surface area (Å²) in [6, 6.07) is 16.4. The number of fused-ring (bicyclic) bond motifs is 1. The van der Waals surface area contributed by atoms with Crippen LogP contribution in [0.25, 0.3) is 6.08 Å². The molecule has 0 radical (unpaired) electrons. The molecule has 136 valence electrons. The molecule has 4 nitrogen and oxygen atoms in total. The van der Waals surface area contributed by atoms with Crippen LogP contribution in [0.1, 0.15) is 36.5 Å². The third kappa shape index (κ3) is 4.96. The van der Waals surface area contributed by atoms with Crippen molar-refractivity contribution in [3.05, 3.63) is 70.8 Å². The molecule has 0 bridgehead atoms. The zero-order valence-corrected chi connectivity index (χ0v) is 15.2. The standard InChI is InChI=1S/C22H26N2O2/c1-16(22(23)25)24-15-19-9-10-21-20(14-19)13-18(11-12-26-21)8-7-17-5-3-2-4-6-17/h2-6,9-10,13-14,16,24H,7-8,11-12,15H2,1H3,(H2,23,25). The van der Waals surface area contributed by atoms with Gasteiger partial charge in [-0.2, -0.15) is 0 Å². The summed E-state index contributed by atoms with van der Waals surface area (Å²) in [7, 11) is 0. The van der Waals surface area contributed by atoms with E-state index in [4.69, 9.17) is 10.5 Å². The molecule has 0 aliphatic carbocycles. The van der Waals surface area contributed by atoms with Crippen LogP contribution in [0.3, 0.4) is 0 Å². The van der Waals surface area contributed by atoms with Crippen molar-refractivity contribution >= 4 is 12.0 Å². The zero-order valence-electron chi connectivity index (χ0n) is 15.2.